The van der Waals surface area contributed by atoms with Crippen molar-refractivity contribution < 1.29 is 9.18 Å². The van der Waals surface area contributed by atoms with Crippen LogP contribution in [0.3, 0.4) is 0 Å². The molecule has 1 aromatic rings. The fourth-order valence-electron chi connectivity index (χ4n) is 4.58. The Labute approximate surface area is 145 Å². The quantitative estimate of drug-likeness (QED) is 0.891. The monoisotopic (exact) mass is 351 g/mol. The molecular formula is C18H22FNOS2. The van der Waals surface area contributed by atoms with Crippen molar-refractivity contribution in [2.24, 2.45) is 17.8 Å². The van der Waals surface area contributed by atoms with E-state index in [-0.39, 0.29) is 17.6 Å². The first-order valence-electron chi connectivity index (χ1n) is 8.48. The SMILES string of the molecule is O=C(NCc1ccccc1F)C1C[C@H]2CC[C@@H](C1)C21SCCS1. The average molecular weight is 352 g/mol. The highest BCUT2D eigenvalue weighted by Crippen LogP contribution is 2.65. The van der Waals surface area contributed by atoms with Crippen LogP contribution in [0.5, 0.6) is 0 Å². The second kappa shape index (κ2) is 6.32. The number of thioether (sulfide) groups is 2. The van der Waals surface area contributed by atoms with Crippen LogP contribution in [-0.2, 0) is 11.3 Å². The summed E-state index contributed by atoms with van der Waals surface area (Å²) in [5.74, 6) is 3.89. The maximum Gasteiger partial charge on any atom is 0.223 e. The molecule has 5 heteroatoms. The Hall–Kier alpha value is -0.680. The van der Waals surface area contributed by atoms with E-state index in [4.69, 9.17) is 0 Å². The van der Waals surface area contributed by atoms with E-state index in [2.05, 4.69) is 28.8 Å². The minimum absolute atomic E-state index is 0.117. The maximum absolute atomic E-state index is 13.7. The number of nitrogens with one attached hydrogen (secondary N) is 1. The lowest BCUT2D eigenvalue weighted by atomic mass is 9.79. The highest BCUT2D eigenvalue weighted by molar-refractivity contribution is 8.21. The predicted octanol–water partition coefficient (Wildman–Crippen LogP) is 4.05. The van der Waals surface area contributed by atoms with Crippen LogP contribution in [0.15, 0.2) is 24.3 Å². The Morgan fingerprint density at radius 3 is 2.48 bits per heavy atom. The first-order chi connectivity index (χ1) is 11.2. The molecule has 3 fully saturated rings. The molecule has 3 aliphatic rings. The highest BCUT2D eigenvalue weighted by atomic mass is 32.2. The molecule has 2 bridgehead atoms. The number of carbonyl (C=O) groups is 1. The maximum atomic E-state index is 13.7. The molecule has 1 N–H and O–H groups in total. The molecular weight excluding hydrogens is 329 g/mol. The molecule has 1 amide bonds. The topological polar surface area (TPSA) is 29.1 Å². The van der Waals surface area contributed by atoms with Gasteiger partial charge in [-0.25, -0.2) is 4.39 Å². The van der Waals surface area contributed by atoms with Crippen LogP contribution in [-0.4, -0.2) is 21.5 Å². The molecule has 1 spiro atoms. The van der Waals surface area contributed by atoms with Crippen LogP contribution in [0, 0.1) is 23.6 Å². The predicted molar refractivity (Wildman–Crippen MR) is 94.8 cm³/mol. The highest BCUT2D eigenvalue weighted by Gasteiger charge is 2.57. The first-order valence-corrected chi connectivity index (χ1v) is 10.4. The van der Waals surface area contributed by atoms with E-state index < -0.39 is 0 Å². The van der Waals surface area contributed by atoms with E-state index in [1.165, 1.54) is 30.4 Å². The minimum atomic E-state index is -0.241. The van der Waals surface area contributed by atoms with Gasteiger partial charge in [-0.05, 0) is 43.6 Å². The molecule has 0 aromatic heterocycles. The van der Waals surface area contributed by atoms with E-state index >= 15 is 0 Å². The first kappa shape index (κ1) is 15.8. The third-order valence-corrected chi connectivity index (χ3v) is 9.68. The average Bonchev–Trinajstić information content (AvgIpc) is 3.09. The standard InChI is InChI=1S/C18H22FNOS2/c19-16-4-2-1-3-12(16)11-20-17(21)13-9-14-5-6-15(10-13)18(14)22-7-8-23-18/h1-4,13-15H,5-11H2,(H,20,21)/t13?,14-,15+. The van der Waals surface area contributed by atoms with Crippen molar-refractivity contribution in [3.63, 3.8) is 0 Å². The van der Waals surface area contributed by atoms with Crippen molar-refractivity contribution in [2.75, 3.05) is 11.5 Å². The van der Waals surface area contributed by atoms with E-state index in [0.717, 1.165) is 12.8 Å². The zero-order chi connectivity index (χ0) is 15.9. The third kappa shape index (κ3) is 2.80. The molecule has 2 nitrogen and oxygen atoms in total. The summed E-state index contributed by atoms with van der Waals surface area (Å²) in [6.45, 7) is 0.298. The van der Waals surface area contributed by atoms with Crippen molar-refractivity contribution in [1.82, 2.24) is 5.32 Å². The van der Waals surface area contributed by atoms with Crippen molar-refractivity contribution >= 4 is 29.4 Å². The molecule has 2 aliphatic carbocycles. The fourth-order valence-corrected chi connectivity index (χ4v) is 8.52. The largest absolute Gasteiger partial charge is 0.352 e. The number of hydrogen-bond acceptors (Lipinski definition) is 3. The summed E-state index contributed by atoms with van der Waals surface area (Å²) in [7, 11) is 0. The molecule has 1 saturated heterocycles. The van der Waals surface area contributed by atoms with E-state index in [1.807, 2.05) is 6.07 Å². The molecule has 1 heterocycles. The Morgan fingerprint density at radius 2 is 1.83 bits per heavy atom. The molecule has 2 saturated carbocycles. The normalized spacial score (nSPS) is 31.4. The van der Waals surface area contributed by atoms with Gasteiger partial charge in [-0.3, -0.25) is 4.79 Å². The second-order valence-electron chi connectivity index (χ2n) is 6.87. The van der Waals surface area contributed by atoms with Gasteiger partial charge in [-0.2, -0.15) is 0 Å². The smallest absolute Gasteiger partial charge is 0.223 e. The van der Waals surface area contributed by atoms with Crippen molar-refractivity contribution in [1.29, 1.82) is 0 Å². The Bertz CT molecular complexity index is 586. The lowest BCUT2D eigenvalue weighted by Gasteiger charge is -2.42. The molecule has 124 valence electrons. The van der Waals surface area contributed by atoms with Gasteiger partial charge in [-0.1, -0.05) is 18.2 Å². The van der Waals surface area contributed by atoms with Crippen LogP contribution in [0.4, 0.5) is 4.39 Å². The molecule has 1 aromatic carbocycles. The minimum Gasteiger partial charge on any atom is -0.352 e. The second-order valence-corrected chi connectivity index (χ2v) is 9.87. The van der Waals surface area contributed by atoms with Gasteiger partial charge in [-0.15, -0.1) is 23.5 Å². The number of rotatable bonds is 3. The Morgan fingerprint density at radius 1 is 1.17 bits per heavy atom. The molecule has 1 unspecified atom stereocenters. The summed E-state index contributed by atoms with van der Waals surface area (Å²) in [6, 6.07) is 6.67. The number of benzene rings is 1. The van der Waals surface area contributed by atoms with Crippen molar-refractivity contribution in [3.8, 4) is 0 Å². The number of hydrogen-bond donors (Lipinski definition) is 1. The number of amides is 1. The Kier molecular flexibility index (Phi) is 4.35. The van der Waals surface area contributed by atoms with Gasteiger partial charge in [0.1, 0.15) is 5.82 Å². The lowest BCUT2D eigenvalue weighted by Crippen LogP contribution is -2.42. The summed E-state index contributed by atoms with van der Waals surface area (Å²) in [4.78, 5) is 12.6. The molecule has 4 rings (SSSR count). The Balaban J connectivity index is 1.38. The van der Waals surface area contributed by atoms with Crippen LogP contribution in [0.25, 0.3) is 0 Å². The van der Waals surface area contributed by atoms with E-state index in [1.54, 1.807) is 12.1 Å². The van der Waals surface area contributed by atoms with Crippen molar-refractivity contribution in [3.05, 3.63) is 35.6 Å². The van der Waals surface area contributed by atoms with Crippen molar-refractivity contribution in [2.45, 2.75) is 36.3 Å². The van der Waals surface area contributed by atoms with Crippen LogP contribution in [0.2, 0.25) is 0 Å². The van der Waals surface area contributed by atoms with Crippen LogP contribution >= 0.6 is 23.5 Å². The number of halogens is 1. The van der Waals surface area contributed by atoms with Crippen LogP contribution in [0.1, 0.15) is 31.2 Å². The summed E-state index contributed by atoms with van der Waals surface area (Å²) >= 11 is 4.30. The zero-order valence-electron chi connectivity index (χ0n) is 13.1. The fraction of sp³-hybridized carbons (Fsp3) is 0.611. The summed E-state index contributed by atoms with van der Waals surface area (Å²) in [5, 5.41) is 2.96. The zero-order valence-corrected chi connectivity index (χ0v) is 14.7. The summed E-state index contributed by atoms with van der Waals surface area (Å²) < 4.78 is 14.1. The molecule has 1 aliphatic heterocycles. The van der Waals surface area contributed by atoms with E-state index in [0.29, 0.717) is 28.0 Å². The van der Waals surface area contributed by atoms with Gasteiger partial charge in [0.05, 0.1) is 4.08 Å². The summed E-state index contributed by atoms with van der Waals surface area (Å²) in [5.41, 5.74) is 0.568. The van der Waals surface area contributed by atoms with Gasteiger partial charge in [0.2, 0.25) is 5.91 Å². The van der Waals surface area contributed by atoms with Gasteiger partial charge < -0.3 is 5.32 Å². The van der Waals surface area contributed by atoms with Gasteiger partial charge >= 0.3 is 0 Å². The molecule has 3 atom stereocenters. The van der Waals surface area contributed by atoms with Gasteiger partial charge in [0.25, 0.3) is 0 Å². The molecule has 23 heavy (non-hydrogen) atoms. The molecule has 0 radical (unpaired) electrons. The lowest BCUT2D eigenvalue weighted by molar-refractivity contribution is -0.126. The van der Waals surface area contributed by atoms with E-state index in [9.17, 15) is 9.18 Å². The van der Waals surface area contributed by atoms with Crippen LogP contribution < -0.4 is 5.32 Å². The van der Waals surface area contributed by atoms with Gasteiger partial charge in [0.15, 0.2) is 0 Å². The third-order valence-electron chi connectivity index (χ3n) is 5.66. The van der Waals surface area contributed by atoms with Gasteiger partial charge in [0, 0.05) is 29.5 Å². The number of carbonyl (C=O) groups excluding carboxylic acids is 1. The summed E-state index contributed by atoms with van der Waals surface area (Å²) in [6.07, 6.45) is 4.59.